The number of hydrogen-bond acceptors (Lipinski definition) is 4. The predicted molar refractivity (Wildman–Crippen MR) is 122 cm³/mol. The molecule has 2 heterocycles. The van der Waals surface area contributed by atoms with Gasteiger partial charge in [-0.15, -0.1) is 0 Å². The molecule has 0 saturated heterocycles. The number of primary amides is 1. The fourth-order valence-corrected chi connectivity index (χ4v) is 3.80. The summed E-state index contributed by atoms with van der Waals surface area (Å²) >= 11 is 0. The lowest BCUT2D eigenvalue weighted by Crippen LogP contribution is -2.39. The van der Waals surface area contributed by atoms with Gasteiger partial charge in [-0.25, -0.2) is 14.1 Å². The highest BCUT2D eigenvalue weighted by Gasteiger charge is 2.31. The van der Waals surface area contributed by atoms with E-state index in [0.717, 1.165) is 5.69 Å². The Kier molecular flexibility index (Phi) is 6.09. The molecule has 0 fully saturated rings. The molecule has 8 heteroatoms. The monoisotopic (exact) mass is 439 g/mol. The van der Waals surface area contributed by atoms with Crippen molar-refractivity contribution >= 4 is 22.8 Å². The van der Waals surface area contributed by atoms with E-state index < -0.39 is 23.7 Å². The predicted octanol–water partition coefficient (Wildman–Crippen LogP) is 4.06. The molecule has 7 nitrogen and oxygen atoms in total. The van der Waals surface area contributed by atoms with Gasteiger partial charge in [0, 0.05) is 12.7 Å². The van der Waals surface area contributed by atoms with Crippen molar-refractivity contribution in [1.82, 2.24) is 19.7 Å². The van der Waals surface area contributed by atoms with Gasteiger partial charge in [0.2, 0.25) is 5.91 Å². The molecule has 0 spiro atoms. The number of carbonyl (C=O) groups excluding carboxylic acids is 2. The van der Waals surface area contributed by atoms with Crippen molar-refractivity contribution < 1.29 is 14.0 Å². The number of pyridine rings is 1. The molecule has 1 aromatic carbocycles. The van der Waals surface area contributed by atoms with Gasteiger partial charge in [-0.1, -0.05) is 26.0 Å². The molecule has 1 unspecified atom stereocenters. The van der Waals surface area contributed by atoms with E-state index in [0.29, 0.717) is 27.9 Å². The third-order valence-electron chi connectivity index (χ3n) is 5.43. The Bertz CT molecular complexity index is 1190. The summed E-state index contributed by atoms with van der Waals surface area (Å²) in [4.78, 5) is 32.1. The molecule has 3 aromatic rings. The first-order valence-electron chi connectivity index (χ1n) is 10.6. The Morgan fingerprint density at radius 2 is 1.84 bits per heavy atom. The van der Waals surface area contributed by atoms with Gasteiger partial charge in [-0.3, -0.25) is 9.59 Å². The van der Waals surface area contributed by atoms with Crippen LogP contribution in [0.5, 0.6) is 0 Å². The lowest BCUT2D eigenvalue weighted by atomic mass is 10.0. The quantitative estimate of drug-likeness (QED) is 0.649. The summed E-state index contributed by atoms with van der Waals surface area (Å²) < 4.78 is 15.6. The molecule has 0 aliphatic carbocycles. The smallest absolute Gasteiger partial charge is 0.255 e. The van der Waals surface area contributed by atoms with Crippen molar-refractivity contribution in [1.29, 1.82) is 0 Å². The van der Waals surface area contributed by atoms with Gasteiger partial charge < -0.3 is 10.6 Å². The fraction of sp³-hybridized carbons (Fsp3) is 0.417. The van der Waals surface area contributed by atoms with Crippen LogP contribution in [-0.2, 0) is 10.3 Å². The fourth-order valence-electron chi connectivity index (χ4n) is 3.80. The first-order chi connectivity index (χ1) is 14.8. The standard InChI is InChI=1S/C24H30FN5O2/c1-13(2)18-12-17(19-14(3)28-30(22(19)27-18)24(4,5)6)23(32)29(7)20(21(26)31)15-9-8-10-16(25)11-15/h8-13,20H,1-7H3,(H2,26,31). The number of nitrogens with two attached hydrogens (primary N) is 1. The molecule has 0 bridgehead atoms. The van der Waals surface area contributed by atoms with Crippen LogP contribution in [-0.4, -0.2) is 38.5 Å². The summed E-state index contributed by atoms with van der Waals surface area (Å²) in [6.45, 7) is 11.9. The highest BCUT2D eigenvalue weighted by Crippen LogP contribution is 2.31. The van der Waals surface area contributed by atoms with Gasteiger partial charge in [0.15, 0.2) is 5.65 Å². The maximum atomic E-state index is 13.8. The molecule has 3 rings (SSSR count). The normalized spacial score (nSPS) is 12.9. The van der Waals surface area contributed by atoms with Gasteiger partial charge in [-0.05, 0) is 57.4 Å². The van der Waals surface area contributed by atoms with Gasteiger partial charge in [0.1, 0.15) is 11.9 Å². The summed E-state index contributed by atoms with van der Waals surface area (Å²) in [5, 5.41) is 5.28. The first-order valence-corrected chi connectivity index (χ1v) is 10.6. The van der Waals surface area contributed by atoms with Crippen LogP contribution in [0.1, 0.15) is 73.9 Å². The van der Waals surface area contributed by atoms with Gasteiger partial charge >= 0.3 is 0 Å². The molecule has 0 saturated carbocycles. The number of halogens is 1. The number of amides is 2. The minimum Gasteiger partial charge on any atom is -0.368 e. The van der Waals surface area contributed by atoms with Gasteiger partial charge in [0.25, 0.3) is 5.91 Å². The van der Waals surface area contributed by atoms with Crippen molar-refractivity contribution in [2.45, 2.75) is 59.0 Å². The number of likely N-dealkylation sites (N-methyl/N-ethyl adjacent to an activating group) is 1. The SMILES string of the molecule is Cc1nn(C(C)(C)C)c2nc(C(C)C)cc(C(=O)N(C)C(C(N)=O)c3cccc(F)c3)c12. The number of hydrogen-bond donors (Lipinski definition) is 1. The van der Waals surface area contributed by atoms with E-state index in [1.165, 1.54) is 30.1 Å². The Morgan fingerprint density at radius 1 is 1.19 bits per heavy atom. The van der Waals surface area contributed by atoms with Crippen LogP contribution < -0.4 is 5.73 Å². The Hall–Kier alpha value is -3.29. The summed E-state index contributed by atoms with van der Waals surface area (Å²) in [6.07, 6.45) is 0. The van der Waals surface area contributed by atoms with Crippen molar-refractivity contribution in [2.75, 3.05) is 7.05 Å². The molecule has 0 aliphatic rings. The lowest BCUT2D eigenvalue weighted by Gasteiger charge is -2.27. The van der Waals surface area contributed by atoms with Crippen LogP contribution in [0.25, 0.3) is 11.0 Å². The molecule has 2 amide bonds. The van der Waals surface area contributed by atoms with Gasteiger partial charge in [0.05, 0.1) is 22.2 Å². The Labute approximate surface area is 187 Å². The van der Waals surface area contributed by atoms with Crippen LogP contribution in [0.2, 0.25) is 0 Å². The molecule has 170 valence electrons. The topological polar surface area (TPSA) is 94.1 Å². The van der Waals surface area contributed by atoms with Crippen molar-refractivity contribution in [2.24, 2.45) is 5.73 Å². The second-order valence-electron chi connectivity index (χ2n) is 9.39. The zero-order valence-corrected chi connectivity index (χ0v) is 19.6. The third-order valence-corrected chi connectivity index (χ3v) is 5.43. The molecular formula is C24H30FN5O2. The van der Waals surface area contributed by atoms with Crippen LogP contribution >= 0.6 is 0 Å². The summed E-state index contributed by atoms with van der Waals surface area (Å²) in [5.74, 6) is -1.60. The Morgan fingerprint density at radius 3 is 2.38 bits per heavy atom. The highest BCUT2D eigenvalue weighted by atomic mass is 19.1. The number of benzene rings is 1. The highest BCUT2D eigenvalue weighted by molar-refractivity contribution is 6.07. The number of aromatic nitrogens is 3. The minimum atomic E-state index is -1.12. The zero-order chi connectivity index (χ0) is 24.0. The summed E-state index contributed by atoms with van der Waals surface area (Å²) in [7, 11) is 1.49. The number of nitrogens with zero attached hydrogens (tertiary/aromatic N) is 4. The van der Waals surface area contributed by atoms with E-state index in [-0.39, 0.29) is 11.5 Å². The Balaban J connectivity index is 2.22. The number of rotatable bonds is 5. The average molecular weight is 440 g/mol. The second-order valence-corrected chi connectivity index (χ2v) is 9.39. The summed E-state index contributed by atoms with van der Waals surface area (Å²) in [5.41, 5.74) is 7.99. The maximum Gasteiger partial charge on any atom is 0.255 e. The van der Waals surface area contributed by atoms with E-state index in [1.807, 2.05) is 46.2 Å². The van der Waals surface area contributed by atoms with E-state index in [2.05, 4.69) is 5.10 Å². The molecule has 0 aliphatic heterocycles. The first kappa shape index (κ1) is 23.4. The molecule has 1 atom stereocenters. The molecule has 32 heavy (non-hydrogen) atoms. The zero-order valence-electron chi connectivity index (χ0n) is 19.6. The minimum absolute atomic E-state index is 0.0648. The largest absolute Gasteiger partial charge is 0.368 e. The number of fused-ring (bicyclic) bond motifs is 1. The third kappa shape index (κ3) is 4.22. The van der Waals surface area contributed by atoms with E-state index in [1.54, 1.807) is 12.1 Å². The van der Waals surface area contributed by atoms with Crippen LogP contribution in [0, 0.1) is 12.7 Å². The lowest BCUT2D eigenvalue weighted by molar-refractivity contribution is -0.122. The second kappa shape index (κ2) is 8.33. The number of carbonyl (C=O) groups is 2. The van der Waals surface area contributed by atoms with Crippen LogP contribution in [0.4, 0.5) is 4.39 Å². The molecule has 0 radical (unpaired) electrons. The molecule has 2 N–H and O–H groups in total. The van der Waals surface area contributed by atoms with Crippen molar-refractivity contribution in [3.05, 3.63) is 58.7 Å². The maximum absolute atomic E-state index is 13.8. The average Bonchev–Trinajstić information content (AvgIpc) is 3.03. The van der Waals surface area contributed by atoms with E-state index >= 15 is 0 Å². The number of aryl methyl sites for hydroxylation is 1. The van der Waals surface area contributed by atoms with Crippen LogP contribution in [0.15, 0.2) is 30.3 Å². The van der Waals surface area contributed by atoms with E-state index in [9.17, 15) is 14.0 Å². The van der Waals surface area contributed by atoms with Crippen molar-refractivity contribution in [3.8, 4) is 0 Å². The van der Waals surface area contributed by atoms with Gasteiger partial charge in [-0.2, -0.15) is 5.10 Å². The van der Waals surface area contributed by atoms with Crippen LogP contribution in [0.3, 0.4) is 0 Å². The molecule has 2 aromatic heterocycles. The molecular weight excluding hydrogens is 409 g/mol. The summed E-state index contributed by atoms with van der Waals surface area (Å²) in [6, 6.07) is 6.17. The van der Waals surface area contributed by atoms with Crippen molar-refractivity contribution in [3.63, 3.8) is 0 Å². The van der Waals surface area contributed by atoms with E-state index in [4.69, 9.17) is 10.7 Å².